The van der Waals surface area contributed by atoms with Crippen molar-refractivity contribution >= 4 is 28.8 Å². The first-order valence-electron chi connectivity index (χ1n) is 9.41. The summed E-state index contributed by atoms with van der Waals surface area (Å²) in [6.07, 6.45) is 7.55. The quantitative estimate of drug-likeness (QED) is 0.320. The summed E-state index contributed by atoms with van der Waals surface area (Å²) in [5.41, 5.74) is -0.717. The van der Waals surface area contributed by atoms with Crippen molar-refractivity contribution in [2.75, 3.05) is 0 Å². The Hall–Kier alpha value is -3.69. The van der Waals surface area contributed by atoms with Gasteiger partial charge in [-0.2, -0.15) is 0 Å². The maximum atomic E-state index is 12.7. The minimum absolute atomic E-state index is 0.0651. The zero-order chi connectivity index (χ0) is 21.6. The fourth-order valence-electron chi connectivity index (χ4n) is 4.59. The Morgan fingerprint density at radius 2 is 1.77 bits per heavy atom. The van der Waals surface area contributed by atoms with Crippen LogP contribution in [0.3, 0.4) is 0 Å². The molecule has 1 saturated carbocycles. The number of fused-ring (bicyclic) bond motifs is 1. The predicted molar refractivity (Wildman–Crippen MR) is 104 cm³/mol. The minimum Gasteiger partial charge on any atom is -0.312 e. The van der Waals surface area contributed by atoms with Crippen molar-refractivity contribution in [1.82, 2.24) is 0 Å². The molecule has 4 aliphatic carbocycles. The molecule has 30 heavy (non-hydrogen) atoms. The van der Waals surface area contributed by atoms with E-state index in [1.807, 2.05) is 0 Å². The number of allylic oxidation sites excluding steroid dienone is 4. The topological polar surface area (TPSA) is 142 Å². The van der Waals surface area contributed by atoms with Crippen LogP contribution >= 0.6 is 0 Å². The molecule has 0 saturated heterocycles. The maximum absolute atomic E-state index is 12.7. The smallest absolute Gasteiger partial charge is 0.312 e. The molecular formula is C20H17N3O7. The molecule has 0 aliphatic heterocycles. The van der Waals surface area contributed by atoms with Crippen molar-refractivity contribution in [2.24, 2.45) is 28.8 Å². The summed E-state index contributed by atoms with van der Waals surface area (Å²) in [6.45, 7) is 1.68. The van der Waals surface area contributed by atoms with Gasteiger partial charge in [0.15, 0.2) is 5.78 Å². The summed E-state index contributed by atoms with van der Waals surface area (Å²) in [7, 11) is 0. The van der Waals surface area contributed by atoms with Crippen LogP contribution in [0.1, 0.15) is 30.1 Å². The van der Waals surface area contributed by atoms with Gasteiger partial charge in [0.1, 0.15) is 5.56 Å². The molecule has 0 N–H and O–H groups in total. The molecule has 1 aromatic carbocycles. The third-order valence-electron chi connectivity index (χ3n) is 5.99. The zero-order valence-corrected chi connectivity index (χ0v) is 15.9. The second-order valence-electron chi connectivity index (χ2n) is 7.64. The molecule has 0 radical (unpaired) electrons. The summed E-state index contributed by atoms with van der Waals surface area (Å²) >= 11 is 0. The van der Waals surface area contributed by atoms with Crippen LogP contribution in [0.25, 0.3) is 0 Å². The Morgan fingerprint density at radius 3 is 2.37 bits per heavy atom. The number of carbonyl (C=O) groups is 2. The largest absolute Gasteiger partial charge is 0.372 e. The van der Waals surface area contributed by atoms with E-state index in [0.29, 0.717) is 17.4 Å². The van der Waals surface area contributed by atoms with Gasteiger partial charge in [-0.25, -0.2) is 4.79 Å². The van der Waals surface area contributed by atoms with Crippen LogP contribution in [0.4, 0.5) is 11.4 Å². The molecule has 1 fully saturated rings. The van der Waals surface area contributed by atoms with Crippen LogP contribution in [0.15, 0.2) is 47.2 Å². The Labute approximate surface area is 170 Å². The number of hydrogen-bond acceptors (Lipinski definition) is 8. The number of rotatable bonds is 4. The number of benzene rings is 1. The van der Waals surface area contributed by atoms with Crippen molar-refractivity contribution in [3.63, 3.8) is 0 Å². The van der Waals surface area contributed by atoms with Crippen LogP contribution in [-0.2, 0) is 9.63 Å². The highest BCUT2D eigenvalue weighted by molar-refractivity contribution is 6.13. The first-order valence-corrected chi connectivity index (χ1v) is 9.41. The van der Waals surface area contributed by atoms with Gasteiger partial charge in [-0.1, -0.05) is 17.3 Å². The number of carbonyl (C=O) groups excluding carboxylic acids is 2. The molecular weight excluding hydrogens is 394 g/mol. The lowest BCUT2D eigenvalue weighted by atomic mass is 9.57. The van der Waals surface area contributed by atoms with E-state index in [9.17, 15) is 29.8 Å². The summed E-state index contributed by atoms with van der Waals surface area (Å²) in [6, 6.07) is 2.66. The van der Waals surface area contributed by atoms with E-state index in [-0.39, 0.29) is 29.5 Å². The van der Waals surface area contributed by atoms with Gasteiger partial charge in [0.25, 0.3) is 11.4 Å². The van der Waals surface area contributed by atoms with Crippen molar-refractivity contribution in [2.45, 2.75) is 19.8 Å². The summed E-state index contributed by atoms with van der Waals surface area (Å²) < 4.78 is 0. The van der Waals surface area contributed by atoms with Gasteiger partial charge in [-0.3, -0.25) is 25.0 Å². The average Bonchev–Trinajstić information content (AvgIpc) is 2.74. The standard InChI is InChI=1S/C20H17N3O7/c1-10-8-15(17-11-2-4-12(5-3-11)18(17)19(10)24)21-30-20(25)14-7-6-13(22(26)27)9-16(14)23(28)29/h2,4,6-9,11-12,17-18H,3,5H2,1H3/b21-15+/t11-,12-,17+,18+/m0/s1. The van der Waals surface area contributed by atoms with Gasteiger partial charge < -0.3 is 4.84 Å². The third-order valence-corrected chi connectivity index (χ3v) is 5.99. The number of hydrogen-bond donors (Lipinski definition) is 0. The van der Waals surface area contributed by atoms with E-state index in [4.69, 9.17) is 4.84 Å². The third kappa shape index (κ3) is 3.19. The van der Waals surface area contributed by atoms with E-state index in [1.165, 1.54) is 0 Å². The van der Waals surface area contributed by atoms with Gasteiger partial charge in [0, 0.05) is 17.9 Å². The van der Waals surface area contributed by atoms with Gasteiger partial charge >= 0.3 is 5.97 Å². The molecule has 154 valence electrons. The number of nitro groups is 2. The number of oxime groups is 1. The number of non-ortho nitro benzene ring substituents is 1. The van der Waals surface area contributed by atoms with Crippen molar-refractivity contribution < 1.29 is 24.3 Å². The van der Waals surface area contributed by atoms with Gasteiger partial charge in [-0.15, -0.1) is 0 Å². The maximum Gasteiger partial charge on any atom is 0.372 e. The van der Waals surface area contributed by atoms with Crippen molar-refractivity contribution in [1.29, 1.82) is 0 Å². The Kier molecular flexibility index (Phi) is 4.76. The lowest BCUT2D eigenvalue weighted by Crippen LogP contribution is -2.47. The van der Waals surface area contributed by atoms with E-state index in [0.717, 1.165) is 25.0 Å². The lowest BCUT2D eigenvalue weighted by molar-refractivity contribution is -0.394. The summed E-state index contributed by atoms with van der Waals surface area (Å²) in [4.78, 5) is 50.5. The molecule has 0 amide bonds. The second-order valence-corrected chi connectivity index (χ2v) is 7.64. The first kappa shape index (κ1) is 19.6. The van der Waals surface area contributed by atoms with Crippen LogP contribution in [0.2, 0.25) is 0 Å². The Morgan fingerprint density at radius 1 is 1.10 bits per heavy atom. The molecule has 4 aliphatic rings. The Bertz CT molecular complexity index is 1070. The molecule has 10 nitrogen and oxygen atoms in total. The molecule has 0 aromatic heterocycles. The number of Topliss-reactive ketones (excluding diaryl/α,β-unsaturated/α-hetero) is 1. The lowest BCUT2D eigenvalue weighted by Gasteiger charge is -2.45. The molecule has 2 bridgehead atoms. The number of ketones is 1. The van der Waals surface area contributed by atoms with Crippen LogP contribution in [-0.4, -0.2) is 27.3 Å². The minimum atomic E-state index is -1.10. The second kappa shape index (κ2) is 7.29. The van der Waals surface area contributed by atoms with E-state index in [2.05, 4.69) is 17.3 Å². The van der Waals surface area contributed by atoms with Crippen LogP contribution in [0, 0.1) is 43.9 Å². The van der Waals surface area contributed by atoms with Crippen molar-refractivity contribution in [3.05, 3.63) is 67.8 Å². The zero-order valence-electron chi connectivity index (χ0n) is 15.9. The predicted octanol–water partition coefficient (Wildman–Crippen LogP) is 3.37. The van der Waals surface area contributed by atoms with E-state index in [1.54, 1.807) is 13.0 Å². The highest BCUT2D eigenvalue weighted by Gasteiger charge is 2.48. The molecule has 0 spiro atoms. The first-order chi connectivity index (χ1) is 14.3. The number of nitrogens with zero attached hydrogens (tertiary/aromatic N) is 3. The van der Waals surface area contributed by atoms with Gasteiger partial charge in [0.05, 0.1) is 21.6 Å². The number of nitro benzene ring substituents is 2. The fraction of sp³-hybridized carbons (Fsp3) is 0.350. The van der Waals surface area contributed by atoms with Gasteiger partial charge in [-0.05, 0) is 49.3 Å². The van der Waals surface area contributed by atoms with Crippen LogP contribution in [0.5, 0.6) is 0 Å². The average molecular weight is 411 g/mol. The molecule has 0 heterocycles. The van der Waals surface area contributed by atoms with E-state index >= 15 is 0 Å². The SMILES string of the molecule is CC1=C/C(=N\OC(=O)c2ccc([N+](=O)[O-])cc2[N+](=O)[O-])[C@@H]2[C@H](C1=O)[C@H]1C=C[C@H]2CC1. The van der Waals surface area contributed by atoms with Crippen LogP contribution < -0.4 is 0 Å². The van der Waals surface area contributed by atoms with E-state index < -0.39 is 32.8 Å². The highest BCUT2D eigenvalue weighted by atomic mass is 16.7. The monoisotopic (exact) mass is 411 g/mol. The summed E-state index contributed by atoms with van der Waals surface area (Å²) in [5.74, 6) is -1.25. The van der Waals surface area contributed by atoms with Gasteiger partial charge in [0.2, 0.25) is 0 Å². The molecule has 0 unspecified atom stereocenters. The fourth-order valence-corrected chi connectivity index (χ4v) is 4.59. The highest BCUT2D eigenvalue weighted by Crippen LogP contribution is 2.48. The summed E-state index contributed by atoms with van der Waals surface area (Å²) in [5, 5.41) is 26.0. The molecule has 10 heteroatoms. The molecule has 5 rings (SSSR count). The Balaban J connectivity index is 1.64. The van der Waals surface area contributed by atoms with Crippen molar-refractivity contribution in [3.8, 4) is 0 Å². The molecule has 4 atom stereocenters. The normalized spacial score (nSPS) is 28.1. The molecule has 1 aromatic rings.